The zero-order chi connectivity index (χ0) is 17.4. The van der Waals surface area contributed by atoms with E-state index < -0.39 is 0 Å². The number of anilines is 1. The van der Waals surface area contributed by atoms with Gasteiger partial charge in [-0.2, -0.15) is 0 Å². The smallest absolute Gasteiger partial charge is 0.338 e. The zero-order valence-electron chi connectivity index (χ0n) is 14.6. The number of nitrogens with zero attached hydrogens (tertiary/aromatic N) is 1. The zero-order valence-corrected chi connectivity index (χ0v) is 15.4. The van der Waals surface area contributed by atoms with Gasteiger partial charge in [0.05, 0.1) is 12.7 Å². The van der Waals surface area contributed by atoms with Gasteiger partial charge in [0, 0.05) is 12.2 Å². The number of ether oxygens (including phenoxy) is 1. The number of rotatable bonds is 6. The largest absolute Gasteiger partial charge is 0.465 e. The number of likely N-dealkylation sites (tertiary alicyclic amines) is 1. The number of hydrogen-bond donors (Lipinski definition) is 2. The first-order chi connectivity index (χ1) is 11.6. The molecule has 1 heterocycles. The van der Waals surface area contributed by atoms with Gasteiger partial charge in [0.2, 0.25) is 0 Å². The van der Waals surface area contributed by atoms with Crippen molar-refractivity contribution in [2.45, 2.75) is 32.6 Å². The van der Waals surface area contributed by atoms with Gasteiger partial charge in [0.1, 0.15) is 0 Å². The molecule has 132 valence electrons. The van der Waals surface area contributed by atoms with Crippen molar-refractivity contribution in [1.29, 1.82) is 0 Å². The van der Waals surface area contributed by atoms with E-state index in [1.165, 1.54) is 39.5 Å². The Labute approximate surface area is 149 Å². The Morgan fingerprint density at radius 3 is 2.75 bits per heavy atom. The first-order valence-corrected chi connectivity index (χ1v) is 8.98. The Hall–Kier alpha value is -1.66. The van der Waals surface area contributed by atoms with Crippen molar-refractivity contribution in [2.75, 3.05) is 38.6 Å². The van der Waals surface area contributed by atoms with Crippen molar-refractivity contribution in [3.05, 3.63) is 29.3 Å². The predicted molar refractivity (Wildman–Crippen MR) is 102 cm³/mol. The SMILES string of the molecule is COC(=O)c1cccc(NC(=S)NCCCN2CCCCC2)c1C. The highest BCUT2D eigenvalue weighted by molar-refractivity contribution is 7.80. The summed E-state index contributed by atoms with van der Waals surface area (Å²) in [6.07, 6.45) is 5.09. The summed E-state index contributed by atoms with van der Waals surface area (Å²) in [6.45, 7) is 6.29. The molecule has 0 bridgehead atoms. The molecule has 1 aliphatic rings. The lowest BCUT2D eigenvalue weighted by atomic mass is 10.1. The third kappa shape index (κ3) is 5.46. The molecule has 0 aliphatic carbocycles. The monoisotopic (exact) mass is 349 g/mol. The van der Waals surface area contributed by atoms with Crippen molar-refractivity contribution < 1.29 is 9.53 Å². The van der Waals surface area contributed by atoms with Gasteiger partial charge in [-0.05, 0) is 75.7 Å². The maximum atomic E-state index is 11.7. The van der Waals surface area contributed by atoms with E-state index in [0.29, 0.717) is 10.7 Å². The van der Waals surface area contributed by atoms with Gasteiger partial charge in [-0.15, -0.1) is 0 Å². The summed E-state index contributed by atoms with van der Waals surface area (Å²) >= 11 is 5.35. The van der Waals surface area contributed by atoms with Crippen LogP contribution in [0.4, 0.5) is 5.69 Å². The molecule has 0 aromatic heterocycles. The van der Waals surface area contributed by atoms with E-state index in [1.54, 1.807) is 6.07 Å². The Bertz CT molecular complexity index is 571. The van der Waals surface area contributed by atoms with Crippen LogP contribution in [-0.4, -0.2) is 49.3 Å². The molecular formula is C18H27N3O2S. The summed E-state index contributed by atoms with van der Waals surface area (Å²) in [5.41, 5.74) is 2.21. The minimum absolute atomic E-state index is 0.337. The highest BCUT2D eigenvalue weighted by atomic mass is 32.1. The number of hydrogen-bond acceptors (Lipinski definition) is 4. The van der Waals surface area contributed by atoms with E-state index in [-0.39, 0.29) is 5.97 Å². The quantitative estimate of drug-likeness (QED) is 0.468. The third-order valence-electron chi connectivity index (χ3n) is 4.37. The molecule has 1 aliphatic heterocycles. The second-order valence-electron chi connectivity index (χ2n) is 6.11. The maximum absolute atomic E-state index is 11.7. The molecule has 0 atom stereocenters. The summed E-state index contributed by atoms with van der Waals surface area (Å²) in [5.74, 6) is -0.337. The van der Waals surface area contributed by atoms with E-state index in [0.717, 1.165) is 30.8 Å². The Morgan fingerprint density at radius 2 is 2.04 bits per heavy atom. The van der Waals surface area contributed by atoms with Gasteiger partial charge < -0.3 is 20.3 Å². The highest BCUT2D eigenvalue weighted by Gasteiger charge is 2.12. The van der Waals surface area contributed by atoms with Crippen molar-refractivity contribution in [3.63, 3.8) is 0 Å². The number of benzene rings is 1. The molecule has 0 radical (unpaired) electrons. The van der Waals surface area contributed by atoms with Crippen molar-refractivity contribution in [2.24, 2.45) is 0 Å². The van der Waals surface area contributed by atoms with E-state index in [1.807, 2.05) is 19.1 Å². The maximum Gasteiger partial charge on any atom is 0.338 e. The fraction of sp³-hybridized carbons (Fsp3) is 0.556. The van der Waals surface area contributed by atoms with E-state index in [2.05, 4.69) is 15.5 Å². The second kappa shape index (κ2) is 9.59. The van der Waals surface area contributed by atoms with Gasteiger partial charge >= 0.3 is 5.97 Å². The molecule has 24 heavy (non-hydrogen) atoms. The number of piperidine rings is 1. The number of esters is 1. The molecule has 6 heteroatoms. The first kappa shape index (κ1) is 18.7. The molecule has 1 fully saturated rings. The average molecular weight is 350 g/mol. The lowest BCUT2D eigenvalue weighted by Gasteiger charge is -2.26. The van der Waals surface area contributed by atoms with Gasteiger partial charge in [-0.25, -0.2) is 4.79 Å². The van der Waals surface area contributed by atoms with Crippen LogP contribution in [-0.2, 0) is 4.74 Å². The van der Waals surface area contributed by atoms with Gasteiger partial charge in [-0.3, -0.25) is 0 Å². The van der Waals surface area contributed by atoms with E-state index in [9.17, 15) is 4.79 Å². The number of carbonyl (C=O) groups excluding carboxylic acids is 1. The Balaban J connectivity index is 1.76. The lowest BCUT2D eigenvalue weighted by molar-refractivity contribution is 0.0600. The molecule has 1 saturated heterocycles. The summed E-state index contributed by atoms with van der Waals surface area (Å²) in [5, 5.41) is 6.99. The second-order valence-corrected chi connectivity index (χ2v) is 6.51. The number of carbonyl (C=O) groups is 1. The predicted octanol–water partition coefficient (Wildman–Crippen LogP) is 2.94. The van der Waals surface area contributed by atoms with Gasteiger partial charge in [-0.1, -0.05) is 12.5 Å². The molecule has 1 aromatic rings. The van der Waals surface area contributed by atoms with Crippen molar-refractivity contribution in [1.82, 2.24) is 10.2 Å². The minimum atomic E-state index is -0.337. The summed E-state index contributed by atoms with van der Waals surface area (Å²) in [6, 6.07) is 5.48. The van der Waals surface area contributed by atoms with Crippen LogP contribution in [0.5, 0.6) is 0 Å². The molecule has 2 rings (SSSR count). The number of thiocarbonyl (C=S) groups is 1. The summed E-state index contributed by atoms with van der Waals surface area (Å²) < 4.78 is 4.79. The van der Waals surface area contributed by atoms with Crippen LogP contribution in [0.2, 0.25) is 0 Å². The van der Waals surface area contributed by atoms with Gasteiger partial charge in [0.25, 0.3) is 0 Å². The molecule has 0 saturated carbocycles. The van der Waals surface area contributed by atoms with Crippen LogP contribution in [0, 0.1) is 6.92 Å². The van der Waals surface area contributed by atoms with Crippen LogP contribution in [0.25, 0.3) is 0 Å². The Kier molecular flexibility index (Phi) is 7.46. The summed E-state index contributed by atoms with van der Waals surface area (Å²) in [7, 11) is 1.39. The average Bonchev–Trinajstić information content (AvgIpc) is 2.61. The Morgan fingerprint density at radius 1 is 1.29 bits per heavy atom. The number of methoxy groups -OCH3 is 1. The van der Waals surface area contributed by atoms with E-state index in [4.69, 9.17) is 17.0 Å². The number of nitrogens with one attached hydrogen (secondary N) is 2. The van der Waals surface area contributed by atoms with E-state index >= 15 is 0 Å². The van der Waals surface area contributed by atoms with Crippen LogP contribution in [0.1, 0.15) is 41.6 Å². The molecule has 2 N–H and O–H groups in total. The first-order valence-electron chi connectivity index (χ1n) is 8.57. The van der Waals surface area contributed by atoms with Gasteiger partial charge in [0.15, 0.2) is 5.11 Å². The molecule has 5 nitrogen and oxygen atoms in total. The van der Waals surface area contributed by atoms with Crippen LogP contribution in [0.3, 0.4) is 0 Å². The topological polar surface area (TPSA) is 53.6 Å². The standard InChI is InChI=1S/C18H27N3O2S/c1-14-15(17(22)23-2)8-6-9-16(14)20-18(24)19-10-7-13-21-11-4-3-5-12-21/h6,8-9H,3-5,7,10-13H2,1-2H3,(H2,19,20,24). The fourth-order valence-electron chi connectivity index (χ4n) is 2.96. The van der Waals surface area contributed by atoms with Crippen molar-refractivity contribution >= 4 is 29.0 Å². The normalized spacial score (nSPS) is 14.9. The third-order valence-corrected chi connectivity index (χ3v) is 4.62. The fourth-order valence-corrected chi connectivity index (χ4v) is 3.17. The van der Waals surface area contributed by atoms with Crippen molar-refractivity contribution in [3.8, 4) is 0 Å². The van der Waals surface area contributed by atoms with Crippen LogP contribution < -0.4 is 10.6 Å². The van der Waals surface area contributed by atoms with Crippen LogP contribution >= 0.6 is 12.2 Å². The molecule has 0 amide bonds. The molecule has 0 spiro atoms. The van der Waals surface area contributed by atoms with Crippen LogP contribution in [0.15, 0.2) is 18.2 Å². The minimum Gasteiger partial charge on any atom is -0.465 e. The lowest BCUT2D eigenvalue weighted by Crippen LogP contribution is -2.34. The molecule has 1 aromatic carbocycles. The molecular weight excluding hydrogens is 322 g/mol. The highest BCUT2D eigenvalue weighted by Crippen LogP contribution is 2.19. The molecule has 0 unspecified atom stereocenters. The summed E-state index contributed by atoms with van der Waals surface area (Å²) in [4.78, 5) is 14.2.